The van der Waals surface area contributed by atoms with Crippen molar-refractivity contribution in [2.24, 2.45) is 0 Å². The Morgan fingerprint density at radius 2 is 2.60 bits per heavy atom. The summed E-state index contributed by atoms with van der Waals surface area (Å²) in [6, 6.07) is 0. The Morgan fingerprint density at radius 1 is 1.87 bits per heavy atom. The smallest absolute Gasteiger partial charge is 0.274 e. The molecule has 0 atom stereocenters. The van der Waals surface area contributed by atoms with Gasteiger partial charge in [-0.1, -0.05) is 11.6 Å². The Balaban J connectivity index is 2.51. The van der Waals surface area contributed by atoms with E-state index < -0.39 is 4.92 Å². The van der Waals surface area contributed by atoms with Crippen LogP contribution in [0.25, 0.3) is 0 Å². The molecule has 2 N–H and O–H groups in total. The molecule has 82 valence electrons. The Morgan fingerprint density at radius 3 is 3.07 bits per heavy atom. The highest BCUT2D eigenvalue weighted by Crippen LogP contribution is 2.17. The van der Waals surface area contributed by atoms with Crippen molar-refractivity contribution < 1.29 is 4.92 Å². The highest BCUT2D eigenvalue weighted by atomic mass is 35.5. The lowest BCUT2D eigenvalue weighted by Gasteiger charge is -2.05. The summed E-state index contributed by atoms with van der Waals surface area (Å²) >= 11 is 6.96. The Bertz CT molecular complexity index is 379. The summed E-state index contributed by atoms with van der Waals surface area (Å²) in [4.78, 5) is 14.4. The zero-order chi connectivity index (χ0) is 11.3. The van der Waals surface area contributed by atoms with Gasteiger partial charge in [-0.05, 0) is 0 Å². The van der Waals surface area contributed by atoms with Gasteiger partial charge in [0.2, 0.25) is 0 Å². The molecular weight excluding hydrogens is 240 g/mol. The van der Waals surface area contributed by atoms with Gasteiger partial charge in [-0.15, -0.1) is 11.3 Å². The van der Waals surface area contributed by atoms with Gasteiger partial charge in [0.05, 0.1) is 11.5 Å². The number of rotatable bonds is 5. The maximum atomic E-state index is 10.2. The number of hydrogen-bond donors (Lipinski definition) is 2. The predicted octanol–water partition coefficient (Wildman–Crippen LogP) is 1.18. The molecule has 0 aromatic carbocycles. The third-order valence-electron chi connectivity index (χ3n) is 1.48. The second-order valence-corrected chi connectivity index (χ2v) is 4.21. The molecule has 1 rings (SSSR count). The van der Waals surface area contributed by atoms with Crippen molar-refractivity contribution in [3.8, 4) is 0 Å². The van der Waals surface area contributed by atoms with Gasteiger partial charge >= 0.3 is 0 Å². The average Bonchev–Trinajstić information content (AvgIpc) is 2.58. The van der Waals surface area contributed by atoms with E-state index in [0.717, 1.165) is 11.1 Å². The van der Waals surface area contributed by atoms with Crippen LogP contribution in [0.1, 0.15) is 4.88 Å². The number of nitrogens with one attached hydrogen (secondary N) is 2. The fourth-order valence-electron chi connectivity index (χ4n) is 0.852. The van der Waals surface area contributed by atoms with Gasteiger partial charge in [-0.2, -0.15) is 0 Å². The zero-order valence-corrected chi connectivity index (χ0v) is 9.43. The van der Waals surface area contributed by atoms with Gasteiger partial charge in [0, 0.05) is 18.1 Å². The number of halogens is 1. The first-order valence-electron chi connectivity index (χ1n) is 3.99. The summed E-state index contributed by atoms with van der Waals surface area (Å²) in [5.74, 6) is 0.338. The van der Waals surface area contributed by atoms with Crippen LogP contribution in [-0.4, -0.2) is 17.0 Å². The monoisotopic (exact) mass is 248 g/mol. The van der Waals surface area contributed by atoms with Crippen LogP contribution in [0.3, 0.4) is 0 Å². The third-order valence-corrected chi connectivity index (χ3v) is 2.60. The lowest BCUT2D eigenvalue weighted by molar-refractivity contribution is -0.404. The summed E-state index contributed by atoms with van der Waals surface area (Å²) < 4.78 is 0.455. The van der Waals surface area contributed by atoms with Crippen LogP contribution < -0.4 is 10.6 Å². The summed E-state index contributed by atoms with van der Waals surface area (Å²) in [6.07, 6.45) is 2.49. The number of nitrogens with zero attached hydrogens (tertiary/aromatic N) is 2. The summed E-state index contributed by atoms with van der Waals surface area (Å²) in [6.45, 7) is 0.449. The van der Waals surface area contributed by atoms with Gasteiger partial charge in [0.15, 0.2) is 10.3 Å². The molecule has 0 amide bonds. The topological polar surface area (TPSA) is 80.1 Å². The Labute approximate surface area is 95.1 Å². The van der Waals surface area contributed by atoms with E-state index in [-0.39, 0.29) is 0 Å². The summed E-state index contributed by atoms with van der Waals surface area (Å²) in [7, 11) is 1.60. The molecule has 0 spiro atoms. The minimum absolute atomic E-state index is 0.338. The van der Waals surface area contributed by atoms with Crippen molar-refractivity contribution in [1.82, 2.24) is 15.6 Å². The van der Waals surface area contributed by atoms with Crippen LogP contribution in [0.5, 0.6) is 0 Å². The molecule has 15 heavy (non-hydrogen) atoms. The second-order valence-electron chi connectivity index (χ2n) is 2.51. The number of thiazole rings is 1. The normalized spacial score (nSPS) is 11.2. The van der Waals surface area contributed by atoms with Crippen LogP contribution in [0, 0.1) is 10.1 Å². The van der Waals surface area contributed by atoms with Gasteiger partial charge in [0.25, 0.3) is 6.20 Å². The number of hydrogen-bond acceptors (Lipinski definition) is 6. The molecule has 0 radical (unpaired) electrons. The molecule has 1 aromatic rings. The number of aromatic nitrogens is 1. The first-order chi connectivity index (χ1) is 7.11. The summed E-state index contributed by atoms with van der Waals surface area (Å²) in [5, 5.41) is 15.7. The molecule has 6 nitrogen and oxygen atoms in total. The van der Waals surface area contributed by atoms with E-state index in [1.54, 1.807) is 13.2 Å². The summed E-state index contributed by atoms with van der Waals surface area (Å²) in [5.41, 5.74) is 0. The first-order valence-corrected chi connectivity index (χ1v) is 5.18. The fraction of sp³-hybridized carbons (Fsp3) is 0.286. The number of nitro groups is 1. The molecule has 1 aromatic heterocycles. The maximum absolute atomic E-state index is 10.2. The van der Waals surface area contributed by atoms with Crippen molar-refractivity contribution in [3.05, 3.63) is 37.7 Å². The van der Waals surface area contributed by atoms with Gasteiger partial charge in [-0.3, -0.25) is 10.1 Å². The van der Waals surface area contributed by atoms with E-state index in [4.69, 9.17) is 11.6 Å². The van der Waals surface area contributed by atoms with E-state index in [1.807, 2.05) is 0 Å². The zero-order valence-electron chi connectivity index (χ0n) is 7.86. The van der Waals surface area contributed by atoms with Crippen LogP contribution in [0.15, 0.2) is 18.2 Å². The predicted molar refractivity (Wildman–Crippen MR) is 58.1 cm³/mol. The Hall–Kier alpha value is -1.34. The minimum Gasteiger partial charge on any atom is -0.370 e. The highest BCUT2D eigenvalue weighted by Gasteiger charge is 2.02. The van der Waals surface area contributed by atoms with E-state index >= 15 is 0 Å². The highest BCUT2D eigenvalue weighted by molar-refractivity contribution is 7.15. The lowest BCUT2D eigenvalue weighted by Crippen LogP contribution is -2.23. The average molecular weight is 249 g/mol. The standard InChI is InChI=1S/C7H9ClN4O2S/c1-9-6(4-12(13)14)10-2-5-3-11-7(8)15-5/h3-4,9-10H,2H2,1H3. The molecule has 0 unspecified atom stereocenters. The van der Waals surface area contributed by atoms with Crippen LogP contribution in [0.2, 0.25) is 4.47 Å². The van der Waals surface area contributed by atoms with Crippen LogP contribution in [-0.2, 0) is 6.54 Å². The minimum atomic E-state index is -0.529. The van der Waals surface area contributed by atoms with Gasteiger partial charge in [0.1, 0.15) is 0 Å². The van der Waals surface area contributed by atoms with Crippen molar-refractivity contribution in [1.29, 1.82) is 0 Å². The Kier molecular flexibility index (Phi) is 4.32. The molecule has 0 fully saturated rings. The van der Waals surface area contributed by atoms with Gasteiger partial charge in [-0.25, -0.2) is 4.98 Å². The molecule has 0 saturated heterocycles. The van der Waals surface area contributed by atoms with E-state index in [1.165, 1.54) is 11.3 Å². The van der Waals surface area contributed by atoms with Crippen molar-refractivity contribution in [2.45, 2.75) is 6.54 Å². The van der Waals surface area contributed by atoms with E-state index in [2.05, 4.69) is 15.6 Å². The van der Waals surface area contributed by atoms with Crippen molar-refractivity contribution >= 4 is 22.9 Å². The molecular formula is C7H9ClN4O2S. The molecule has 0 aliphatic carbocycles. The second kappa shape index (κ2) is 5.52. The molecule has 8 heteroatoms. The SMILES string of the molecule is CNC(=C[N+](=O)[O-])NCc1cnc(Cl)s1. The van der Waals surface area contributed by atoms with Crippen molar-refractivity contribution in [3.63, 3.8) is 0 Å². The first kappa shape index (κ1) is 11.7. The lowest BCUT2D eigenvalue weighted by atomic mass is 10.5. The van der Waals surface area contributed by atoms with Crippen LogP contribution >= 0.6 is 22.9 Å². The van der Waals surface area contributed by atoms with E-state index in [0.29, 0.717) is 16.8 Å². The maximum Gasteiger partial charge on any atom is 0.274 e. The molecule has 1 heterocycles. The fourth-order valence-corrected chi connectivity index (χ4v) is 1.77. The van der Waals surface area contributed by atoms with E-state index in [9.17, 15) is 10.1 Å². The van der Waals surface area contributed by atoms with Gasteiger partial charge < -0.3 is 10.6 Å². The van der Waals surface area contributed by atoms with Crippen molar-refractivity contribution in [2.75, 3.05) is 7.05 Å². The molecule has 0 saturated carbocycles. The molecule has 0 bridgehead atoms. The van der Waals surface area contributed by atoms with Crippen LogP contribution in [0.4, 0.5) is 0 Å². The quantitative estimate of drug-likeness (QED) is 0.604. The molecule has 0 aliphatic rings. The molecule has 0 aliphatic heterocycles. The third kappa shape index (κ3) is 4.13. The largest absolute Gasteiger partial charge is 0.370 e.